The average molecular weight is 232 g/mol. The second-order valence-electron chi connectivity index (χ2n) is 4.81. The molecule has 1 aromatic rings. The summed E-state index contributed by atoms with van der Waals surface area (Å²) in [5.74, 6) is 1.07. The molecule has 1 fully saturated rings. The number of nitrogens with two attached hydrogens (primary N) is 1. The van der Waals surface area contributed by atoms with Crippen molar-refractivity contribution in [1.82, 2.24) is 4.98 Å². The lowest BCUT2D eigenvalue weighted by Gasteiger charge is -2.34. The third-order valence-electron chi connectivity index (χ3n) is 3.35. The summed E-state index contributed by atoms with van der Waals surface area (Å²) < 4.78 is 0. The highest BCUT2D eigenvalue weighted by Gasteiger charge is 2.20. The molecule has 0 amide bonds. The Morgan fingerprint density at radius 3 is 2.88 bits per heavy atom. The molecule has 0 radical (unpaired) electrons. The van der Waals surface area contributed by atoms with Gasteiger partial charge in [-0.2, -0.15) is 0 Å². The molecule has 0 aromatic carbocycles. The summed E-state index contributed by atoms with van der Waals surface area (Å²) in [6, 6.07) is 4.32. The fourth-order valence-corrected chi connectivity index (χ4v) is 2.39. The molecule has 4 heteroatoms. The van der Waals surface area contributed by atoms with Crippen LogP contribution in [0.15, 0.2) is 12.1 Å². The summed E-state index contributed by atoms with van der Waals surface area (Å²) in [7, 11) is 0. The molecule has 0 spiro atoms. The fraction of sp³-hybridized carbons (Fsp3) is 0.538. The first-order valence-corrected chi connectivity index (χ1v) is 6.17. The third-order valence-corrected chi connectivity index (χ3v) is 3.35. The molecular formula is C13H20N4. The van der Waals surface area contributed by atoms with Crippen molar-refractivity contribution >= 4 is 11.7 Å². The number of hydrogen-bond acceptors (Lipinski definition) is 3. The van der Waals surface area contributed by atoms with Gasteiger partial charge < -0.3 is 10.6 Å². The van der Waals surface area contributed by atoms with Gasteiger partial charge in [0.2, 0.25) is 0 Å². The molecule has 0 aliphatic carbocycles. The highest BCUT2D eigenvalue weighted by Crippen LogP contribution is 2.24. The van der Waals surface area contributed by atoms with E-state index in [1.165, 1.54) is 19.3 Å². The quantitative estimate of drug-likeness (QED) is 0.606. The maximum Gasteiger partial charge on any atom is 0.129 e. The van der Waals surface area contributed by atoms with E-state index in [2.05, 4.69) is 16.8 Å². The normalized spacial score (nSPS) is 20.4. The Morgan fingerprint density at radius 2 is 2.24 bits per heavy atom. The van der Waals surface area contributed by atoms with E-state index in [0.717, 1.165) is 23.6 Å². The standard InChI is InChI=1S/C13H20N4/c1-9-7-11(13(14)15)8-12(16-9)17-6-4-3-5-10(17)2/h7-8,10H,3-6H2,1-2H3,(H3,14,15). The van der Waals surface area contributed by atoms with E-state index in [1.807, 2.05) is 19.1 Å². The van der Waals surface area contributed by atoms with Crippen LogP contribution in [0.4, 0.5) is 5.82 Å². The molecule has 3 N–H and O–H groups in total. The number of aryl methyl sites for hydroxylation is 1. The van der Waals surface area contributed by atoms with Gasteiger partial charge in [-0.1, -0.05) is 0 Å². The molecule has 1 aromatic heterocycles. The molecule has 2 heterocycles. The van der Waals surface area contributed by atoms with Crippen LogP contribution in [0.25, 0.3) is 0 Å². The average Bonchev–Trinajstić information content (AvgIpc) is 2.28. The highest BCUT2D eigenvalue weighted by atomic mass is 15.2. The number of anilines is 1. The van der Waals surface area contributed by atoms with E-state index in [4.69, 9.17) is 11.1 Å². The summed E-state index contributed by atoms with van der Waals surface area (Å²) in [6.07, 6.45) is 3.73. The number of amidine groups is 1. The van der Waals surface area contributed by atoms with E-state index >= 15 is 0 Å². The molecule has 1 atom stereocenters. The molecule has 1 saturated heterocycles. The van der Waals surface area contributed by atoms with Crippen molar-refractivity contribution in [2.24, 2.45) is 5.73 Å². The molecule has 17 heavy (non-hydrogen) atoms. The first kappa shape index (κ1) is 11.9. The van der Waals surface area contributed by atoms with Crippen molar-refractivity contribution in [3.63, 3.8) is 0 Å². The van der Waals surface area contributed by atoms with Crippen LogP contribution in [0.3, 0.4) is 0 Å². The van der Waals surface area contributed by atoms with Gasteiger partial charge in [-0.25, -0.2) is 4.98 Å². The van der Waals surface area contributed by atoms with Crippen molar-refractivity contribution in [2.45, 2.75) is 39.2 Å². The fourth-order valence-electron chi connectivity index (χ4n) is 2.39. The van der Waals surface area contributed by atoms with Crippen LogP contribution in [0.1, 0.15) is 37.4 Å². The smallest absolute Gasteiger partial charge is 0.129 e. The lowest BCUT2D eigenvalue weighted by Crippen LogP contribution is -2.38. The number of hydrogen-bond donors (Lipinski definition) is 2. The Bertz CT molecular complexity index is 427. The maximum absolute atomic E-state index is 7.52. The summed E-state index contributed by atoms with van der Waals surface area (Å²) in [6.45, 7) is 5.23. The van der Waals surface area contributed by atoms with Crippen molar-refractivity contribution in [2.75, 3.05) is 11.4 Å². The molecule has 2 rings (SSSR count). The second kappa shape index (κ2) is 4.73. The first-order chi connectivity index (χ1) is 8.08. The van der Waals surface area contributed by atoms with Crippen LogP contribution >= 0.6 is 0 Å². The molecule has 92 valence electrons. The first-order valence-electron chi connectivity index (χ1n) is 6.17. The van der Waals surface area contributed by atoms with Crippen molar-refractivity contribution < 1.29 is 0 Å². The second-order valence-corrected chi connectivity index (χ2v) is 4.81. The van der Waals surface area contributed by atoms with Gasteiger partial charge in [0.25, 0.3) is 0 Å². The number of nitrogens with zero attached hydrogens (tertiary/aromatic N) is 2. The molecule has 1 aliphatic heterocycles. The van der Waals surface area contributed by atoms with Crippen LogP contribution in [0.2, 0.25) is 0 Å². The van der Waals surface area contributed by atoms with Crippen LogP contribution < -0.4 is 10.6 Å². The van der Waals surface area contributed by atoms with Gasteiger partial charge in [-0.05, 0) is 45.2 Å². The zero-order valence-electron chi connectivity index (χ0n) is 10.5. The van der Waals surface area contributed by atoms with Crippen LogP contribution in [-0.2, 0) is 0 Å². The van der Waals surface area contributed by atoms with Gasteiger partial charge >= 0.3 is 0 Å². The number of aromatic nitrogens is 1. The topological polar surface area (TPSA) is 66.0 Å². The van der Waals surface area contributed by atoms with E-state index in [0.29, 0.717) is 6.04 Å². The van der Waals surface area contributed by atoms with Gasteiger partial charge in [0.05, 0.1) is 0 Å². The predicted molar refractivity (Wildman–Crippen MR) is 70.6 cm³/mol. The molecular weight excluding hydrogens is 212 g/mol. The zero-order chi connectivity index (χ0) is 12.4. The van der Waals surface area contributed by atoms with E-state index in [1.54, 1.807) is 0 Å². The number of nitrogens with one attached hydrogen (secondary N) is 1. The largest absolute Gasteiger partial charge is 0.384 e. The monoisotopic (exact) mass is 232 g/mol. The van der Waals surface area contributed by atoms with Gasteiger partial charge in [0.15, 0.2) is 0 Å². The zero-order valence-corrected chi connectivity index (χ0v) is 10.5. The van der Waals surface area contributed by atoms with Crippen molar-refractivity contribution in [3.05, 3.63) is 23.4 Å². The van der Waals surface area contributed by atoms with Gasteiger partial charge in [0.1, 0.15) is 11.7 Å². The minimum atomic E-state index is 0.112. The van der Waals surface area contributed by atoms with E-state index in [9.17, 15) is 0 Å². The Morgan fingerprint density at radius 1 is 1.47 bits per heavy atom. The number of rotatable bonds is 2. The summed E-state index contributed by atoms with van der Waals surface area (Å²) in [5.41, 5.74) is 7.24. The highest BCUT2D eigenvalue weighted by molar-refractivity contribution is 5.95. The maximum atomic E-state index is 7.52. The minimum Gasteiger partial charge on any atom is -0.384 e. The lowest BCUT2D eigenvalue weighted by atomic mass is 10.0. The van der Waals surface area contributed by atoms with Gasteiger partial charge in [-0.15, -0.1) is 0 Å². The molecule has 4 nitrogen and oxygen atoms in total. The predicted octanol–water partition coefficient (Wildman–Crippen LogP) is 2.05. The van der Waals surface area contributed by atoms with E-state index in [-0.39, 0.29) is 5.84 Å². The van der Waals surface area contributed by atoms with Crippen LogP contribution in [-0.4, -0.2) is 23.4 Å². The summed E-state index contributed by atoms with van der Waals surface area (Å²) in [4.78, 5) is 6.89. The SMILES string of the molecule is Cc1cc(C(=N)N)cc(N2CCCCC2C)n1. The van der Waals surface area contributed by atoms with E-state index < -0.39 is 0 Å². The number of pyridine rings is 1. The number of nitrogen functional groups attached to an aromatic ring is 1. The Kier molecular flexibility index (Phi) is 3.31. The van der Waals surface area contributed by atoms with Crippen molar-refractivity contribution in [3.8, 4) is 0 Å². The summed E-state index contributed by atoms with van der Waals surface area (Å²) in [5, 5.41) is 7.52. The van der Waals surface area contributed by atoms with Crippen LogP contribution in [0.5, 0.6) is 0 Å². The van der Waals surface area contributed by atoms with Gasteiger partial charge in [-0.3, -0.25) is 5.41 Å². The van der Waals surface area contributed by atoms with Crippen LogP contribution in [0, 0.1) is 12.3 Å². The molecule has 0 saturated carbocycles. The third kappa shape index (κ3) is 2.57. The Balaban J connectivity index is 2.33. The Hall–Kier alpha value is -1.58. The molecule has 1 unspecified atom stereocenters. The molecule has 1 aliphatic rings. The Labute approximate surface area is 102 Å². The number of piperidine rings is 1. The minimum absolute atomic E-state index is 0.112. The lowest BCUT2D eigenvalue weighted by molar-refractivity contribution is 0.481. The van der Waals surface area contributed by atoms with Gasteiger partial charge in [0, 0.05) is 23.8 Å². The summed E-state index contributed by atoms with van der Waals surface area (Å²) >= 11 is 0. The molecule has 0 bridgehead atoms. The van der Waals surface area contributed by atoms with Crippen molar-refractivity contribution in [1.29, 1.82) is 5.41 Å².